The minimum atomic E-state index is -0.192. The first kappa shape index (κ1) is 16.6. The molecule has 0 saturated heterocycles. The van der Waals surface area contributed by atoms with Crippen molar-refractivity contribution in [3.8, 4) is 5.88 Å². The van der Waals surface area contributed by atoms with E-state index >= 15 is 0 Å². The van der Waals surface area contributed by atoms with Crippen LogP contribution < -0.4 is 10.2 Å². The molecular weight excluding hydrogens is 286 g/mol. The van der Waals surface area contributed by atoms with E-state index < -0.39 is 0 Å². The van der Waals surface area contributed by atoms with E-state index in [9.17, 15) is 4.79 Å². The van der Waals surface area contributed by atoms with Crippen molar-refractivity contribution in [1.29, 1.82) is 0 Å². The van der Waals surface area contributed by atoms with Crippen LogP contribution in [0, 0.1) is 11.8 Å². The van der Waals surface area contributed by atoms with Crippen molar-refractivity contribution in [2.45, 2.75) is 84.2 Å². The topological polar surface area (TPSA) is 42.1 Å². The lowest BCUT2D eigenvalue weighted by molar-refractivity contribution is -0.0183. The zero-order valence-electron chi connectivity index (χ0n) is 15.1. The van der Waals surface area contributed by atoms with Gasteiger partial charge < -0.3 is 9.72 Å². The normalized spacial score (nSPS) is 28.6. The number of hydrogen-bond donors (Lipinski definition) is 1. The van der Waals surface area contributed by atoms with E-state index in [4.69, 9.17) is 4.74 Å². The van der Waals surface area contributed by atoms with Gasteiger partial charge in [0.2, 0.25) is 0 Å². The third kappa shape index (κ3) is 3.20. The van der Waals surface area contributed by atoms with Crippen molar-refractivity contribution in [1.82, 2.24) is 4.98 Å². The first-order chi connectivity index (χ1) is 10.9. The van der Waals surface area contributed by atoms with E-state index in [1.165, 1.54) is 19.3 Å². The molecule has 3 nitrogen and oxygen atoms in total. The maximum absolute atomic E-state index is 12.8. The molecular formula is C20H31NO2. The Morgan fingerprint density at radius 2 is 2.09 bits per heavy atom. The van der Waals surface area contributed by atoms with Gasteiger partial charge in [-0.1, -0.05) is 33.1 Å². The van der Waals surface area contributed by atoms with Gasteiger partial charge in [-0.15, -0.1) is 0 Å². The highest BCUT2D eigenvalue weighted by Crippen LogP contribution is 2.51. The smallest absolute Gasteiger partial charge is 0.199 e. The molecule has 1 saturated carbocycles. The summed E-state index contributed by atoms with van der Waals surface area (Å²) in [5.41, 5.74) is 1.94. The molecule has 3 atom stereocenters. The second kappa shape index (κ2) is 6.33. The van der Waals surface area contributed by atoms with Gasteiger partial charge in [-0.2, -0.15) is 0 Å². The summed E-state index contributed by atoms with van der Waals surface area (Å²) in [7, 11) is 0. The summed E-state index contributed by atoms with van der Waals surface area (Å²) in [6.45, 7) is 8.88. The van der Waals surface area contributed by atoms with Crippen LogP contribution in [-0.4, -0.2) is 10.6 Å². The number of nitrogens with one attached hydrogen (secondary N) is 1. The van der Waals surface area contributed by atoms with E-state index in [0.29, 0.717) is 17.8 Å². The van der Waals surface area contributed by atoms with Gasteiger partial charge >= 0.3 is 0 Å². The summed E-state index contributed by atoms with van der Waals surface area (Å²) in [4.78, 5) is 16.2. The number of aromatic amines is 1. The standard InChI is InChI=1S/C20H31NO2/c1-5-6-7-8-14-12-17(22)18-15-11-13(2)9-10-16(15)20(3,4)23-19(18)21-14/h12-13,15-16H,5-11H2,1-4H3,(H,21,22). The van der Waals surface area contributed by atoms with Crippen molar-refractivity contribution >= 4 is 0 Å². The van der Waals surface area contributed by atoms with Crippen LogP contribution in [0.3, 0.4) is 0 Å². The number of hydrogen-bond acceptors (Lipinski definition) is 2. The summed E-state index contributed by atoms with van der Waals surface area (Å²) in [5, 5.41) is 0. The van der Waals surface area contributed by atoms with Gasteiger partial charge in [0.05, 0.1) is 5.56 Å². The summed E-state index contributed by atoms with van der Waals surface area (Å²) in [6, 6.07) is 1.83. The van der Waals surface area contributed by atoms with Crippen molar-refractivity contribution < 1.29 is 4.74 Å². The molecule has 3 heteroatoms. The zero-order valence-corrected chi connectivity index (χ0v) is 15.1. The zero-order chi connectivity index (χ0) is 16.6. The molecule has 3 unspecified atom stereocenters. The predicted octanol–water partition coefficient (Wildman–Crippen LogP) is 4.80. The molecule has 1 fully saturated rings. The minimum Gasteiger partial charge on any atom is -0.472 e. The molecule has 0 amide bonds. The molecule has 0 radical (unpaired) electrons. The molecule has 2 heterocycles. The molecule has 1 N–H and O–H groups in total. The lowest BCUT2D eigenvalue weighted by Gasteiger charge is -2.48. The molecule has 1 aromatic heterocycles. The summed E-state index contributed by atoms with van der Waals surface area (Å²) >= 11 is 0. The fraction of sp³-hybridized carbons (Fsp3) is 0.750. The Balaban J connectivity index is 1.96. The average molecular weight is 317 g/mol. The highest BCUT2D eigenvalue weighted by molar-refractivity contribution is 5.36. The number of H-pyrrole nitrogens is 1. The third-order valence-corrected chi connectivity index (χ3v) is 5.88. The molecule has 0 aromatic carbocycles. The molecule has 2 aliphatic rings. The van der Waals surface area contributed by atoms with Gasteiger partial charge in [0, 0.05) is 17.7 Å². The molecule has 3 rings (SSSR count). The third-order valence-electron chi connectivity index (χ3n) is 5.88. The van der Waals surface area contributed by atoms with E-state index in [-0.39, 0.29) is 11.0 Å². The maximum atomic E-state index is 12.8. The van der Waals surface area contributed by atoms with Crippen molar-refractivity contribution in [3.63, 3.8) is 0 Å². The molecule has 128 valence electrons. The van der Waals surface area contributed by atoms with Gasteiger partial charge in [-0.05, 0) is 51.4 Å². The molecule has 23 heavy (non-hydrogen) atoms. The maximum Gasteiger partial charge on any atom is 0.199 e. The van der Waals surface area contributed by atoms with Crippen LogP contribution >= 0.6 is 0 Å². The predicted molar refractivity (Wildman–Crippen MR) is 94.2 cm³/mol. The molecule has 0 bridgehead atoms. The summed E-state index contributed by atoms with van der Waals surface area (Å²) in [6.07, 6.45) is 7.98. The first-order valence-electron chi connectivity index (χ1n) is 9.37. The number of rotatable bonds is 4. The van der Waals surface area contributed by atoms with Crippen molar-refractivity contribution in [2.75, 3.05) is 0 Å². The van der Waals surface area contributed by atoms with Crippen LogP contribution in [0.1, 0.15) is 83.4 Å². The second-order valence-electron chi connectivity index (χ2n) is 8.20. The van der Waals surface area contributed by atoms with E-state index in [2.05, 4.69) is 32.7 Å². The molecule has 0 spiro atoms. The summed E-state index contributed by atoms with van der Waals surface area (Å²) in [5.74, 6) is 2.26. The van der Waals surface area contributed by atoms with E-state index in [1.54, 1.807) is 0 Å². The fourth-order valence-electron chi connectivity index (χ4n) is 4.60. The quantitative estimate of drug-likeness (QED) is 0.811. The van der Waals surface area contributed by atoms with Gasteiger partial charge in [-0.25, -0.2) is 0 Å². The number of aromatic nitrogens is 1. The summed E-state index contributed by atoms with van der Waals surface area (Å²) < 4.78 is 6.30. The van der Waals surface area contributed by atoms with Crippen LogP contribution in [0.2, 0.25) is 0 Å². The van der Waals surface area contributed by atoms with E-state index in [1.807, 2.05) is 6.07 Å². The second-order valence-corrected chi connectivity index (χ2v) is 8.20. The minimum absolute atomic E-state index is 0.185. The number of pyridine rings is 1. The Morgan fingerprint density at radius 3 is 2.83 bits per heavy atom. The highest BCUT2D eigenvalue weighted by Gasteiger charge is 2.47. The van der Waals surface area contributed by atoms with Gasteiger partial charge in [-0.3, -0.25) is 4.79 Å². The molecule has 1 aliphatic heterocycles. The molecule has 1 aromatic rings. The Hall–Kier alpha value is -1.25. The number of fused-ring (bicyclic) bond motifs is 3. The highest BCUT2D eigenvalue weighted by atomic mass is 16.5. The lowest BCUT2D eigenvalue weighted by Crippen LogP contribution is -2.48. The average Bonchev–Trinajstić information content (AvgIpc) is 2.46. The number of aryl methyl sites for hydroxylation is 1. The van der Waals surface area contributed by atoms with Crippen LogP contribution in [0.4, 0.5) is 0 Å². The van der Waals surface area contributed by atoms with Crippen LogP contribution in [0.5, 0.6) is 5.88 Å². The first-order valence-corrected chi connectivity index (χ1v) is 9.37. The Kier molecular flexibility index (Phi) is 4.57. The van der Waals surface area contributed by atoms with Gasteiger partial charge in [0.1, 0.15) is 5.60 Å². The van der Waals surface area contributed by atoms with Crippen LogP contribution in [0.15, 0.2) is 10.9 Å². The van der Waals surface area contributed by atoms with Gasteiger partial charge in [0.25, 0.3) is 0 Å². The van der Waals surface area contributed by atoms with Crippen LogP contribution in [-0.2, 0) is 6.42 Å². The largest absolute Gasteiger partial charge is 0.472 e. The van der Waals surface area contributed by atoms with Gasteiger partial charge in [0.15, 0.2) is 11.3 Å². The Labute approximate surface area is 139 Å². The Morgan fingerprint density at radius 1 is 1.30 bits per heavy atom. The monoisotopic (exact) mass is 317 g/mol. The van der Waals surface area contributed by atoms with E-state index in [0.717, 1.165) is 42.8 Å². The SMILES string of the molecule is CCCCCc1cc(=O)c2c([nH]1)OC(C)(C)C1CCC(C)CC21. The lowest BCUT2D eigenvalue weighted by atomic mass is 9.65. The fourth-order valence-corrected chi connectivity index (χ4v) is 4.60. The Bertz CT molecular complexity index is 617. The van der Waals surface area contributed by atoms with Crippen LogP contribution in [0.25, 0.3) is 0 Å². The molecule has 1 aliphatic carbocycles. The number of unbranched alkanes of at least 4 members (excludes halogenated alkanes) is 2. The number of ether oxygens (including phenoxy) is 1. The van der Waals surface area contributed by atoms with Crippen molar-refractivity contribution in [3.05, 3.63) is 27.5 Å². The van der Waals surface area contributed by atoms with Crippen molar-refractivity contribution in [2.24, 2.45) is 11.8 Å².